The van der Waals surface area contributed by atoms with Crippen molar-refractivity contribution in [2.45, 2.75) is 39.7 Å². The zero-order valence-electron chi connectivity index (χ0n) is 15.7. The molecule has 1 unspecified atom stereocenters. The zero-order chi connectivity index (χ0) is 19.1. The molecule has 1 N–H and O–H groups in total. The molecule has 0 heterocycles. The summed E-state index contributed by atoms with van der Waals surface area (Å²) in [4.78, 5) is 24.4. The Balaban J connectivity index is 2.12. The predicted molar refractivity (Wildman–Crippen MR) is 102 cm³/mol. The van der Waals surface area contributed by atoms with Gasteiger partial charge in [0, 0.05) is 5.69 Å². The molecule has 0 spiro atoms. The Kier molecular flexibility index (Phi) is 6.78. The van der Waals surface area contributed by atoms with Crippen LogP contribution in [-0.4, -0.2) is 25.1 Å². The highest BCUT2D eigenvalue weighted by Crippen LogP contribution is 2.21. The third-order valence-corrected chi connectivity index (χ3v) is 4.27. The molecule has 0 aromatic heterocycles. The maximum atomic E-state index is 12.6. The van der Waals surface area contributed by atoms with Gasteiger partial charge < -0.3 is 14.8 Å². The van der Waals surface area contributed by atoms with E-state index in [1.54, 1.807) is 25.1 Å². The van der Waals surface area contributed by atoms with Gasteiger partial charge in [0.1, 0.15) is 5.75 Å². The number of hydrogen-bond acceptors (Lipinski definition) is 4. The fraction of sp³-hybridized carbons (Fsp3) is 0.333. The topological polar surface area (TPSA) is 64.6 Å². The van der Waals surface area contributed by atoms with E-state index < -0.39 is 12.1 Å². The molecule has 2 aromatic rings. The van der Waals surface area contributed by atoms with Crippen molar-refractivity contribution in [3.63, 3.8) is 0 Å². The standard InChI is InChI=1S/C21H25NO4/c1-5-15-10-12-16(13-11-15)26-19(6-2)20(23)22-18-9-7-8-17(14(18)3)21(24)25-4/h7-13,19H,5-6H2,1-4H3,(H,22,23). The first-order valence-electron chi connectivity index (χ1n) is 8.74. The van der Waals surface area contributed by atoms with Gasteiger partial charge >= 0.3 is 5.97 Å². The molecule has 0 fully saturated rings. The molecule has 0 saturated carbocycles. The molecule has 0 bridgehead atoms. The highest BCUT2D eigenvalue weighted by Gasteiger charge is 2.20. The van der Waals surface area contributed by atoms with Crippen molar-refractivity contribution in [3.8, 4) is 5.75 Å². The van der Waals surface area contributed by atoms with E-state index in [0.717, 1.165) is 6.42 Å². The van der Waals surface area contributed by atoms with E-state index >= 15 is 0 Å². The van der Waals surface area contributed by atoms with Gasteiger partial charge in [-0.05, 0) is 55.2 Å². The average molecular weight is 355 g/mol. The number of carbonyl (C=O) groups excluding carboxylic acids is 2. The largest absolute Gasteiger partial charge is 0.481 e. The Labute approximate surface area is 154 Å². The Bertz CT molecular complexity index is 768. The summed E-state index contributed by atoms with van der Waals surface area (Å²) in [7, 11) is 1.33. The summed E-state index contributed by atoms with van der Waals surface area (Å²) < 4.78 is 10.6. The lowest BCUT2D eigenvalue weighted by Crippen LogP contribution is -2.32. The molecule has 1 atom stereocenters. The first-order valence-corrected chi connectivity index (χ1v) is 8.74. The second kappa shape index (κ2) is 9.04. The third kappa shape index (κ3) is 4.63. The van der Waals surface area contributed by atoms with Gasteiger partial charge in [0.05, 0.1) is 12.7 Å². The summed E-state index contributed by atoms with van der Waals surface area (Å²) in [5.74, 6) is -0.0284. The van der Waals surface area contributed by atoms with Crippen molar-refractivity contribution in [2.75, 3.05) is 12.4 Å². The van der Waals surface area contributed by atoms with Crippen molar-refractivity contribution in [3.05, 3.63) is 59.2 Å². The highest BCUT2D eigenvalue weighted by atomic mass is 16.5. The van der Waals surface area contributed by atoms with Crippen LogP contribution in [0, 0.1) is 6.92 Å². The number of methoxy groups -OCH3 is 1. The van der Waals surface area contributed by atoms with Crippen molar-refractivity contribution in [2.24, 2.45) is 0 Å². The highest BCUT2D eigenvalue weighted by molar-refractivity contribution is 5.98. The zero-order valence-corrected chi connectivity index (χ0v) is 15.7. The van der Waals surface area contributed by atoms with Crippen LogP contribution in [0.15, 0.2) is 42.5 Å². The minimum absolute atomic E-state index is 0.253. The monoisotopic (exact) mass is 355 g/mol. The van der Waals surface area contributed by atoms with E-state index in [0.29, 0.717) is 29.0 Å². The summed E-state index contributed by atoms with van der Waals surface area (Å²) in [6.07, 6.45) is 0.855. The van der Waals surface area contributed by atoms with Crippen LogP contribution in [-0.2, 0) is 16.0 Å². The van der Waals surface area contributed by atoms with E-state index in [9.17, 15) is 9.59 Å². The molecule has 0 saturated heterocycles. The predicted octanol–water partition coefficient (Wildman–Crippen LogP) is 4.14. The number of rotatable bonds is 7. The second-order valence-corrected chi connectivity index (χ2v) is 5.97. The van der Waals surface area contributed by atoms with Crippen molar-refractivity contribution >= 4 is 17.6 Å². The van der Waals surface area contributed by atoms with Gasteiger partial charge in [-0.1, -0.05) is 32.0 Å². The third-order valence-electron chi connectivity index (χ3n) is 4.27. The van der Waals surface area contributed by atoms with E-state index in [1.807, 2.05) is 31.2 Å². The summed E-state index contributed by atoms with van der Waals surface area (Å²) in [6.45, 7) is 5.75. The number of anilines is 1. The SMILES string of the molecule is CCc1ccc(OC(CC)C(=O)Nc2cccc(C(=O)OC)c2C)cc1. The molecule has 0 radical (unpaired) electrons. The van der Waals surface area contributed by atoms with Gasteiger partial charge in [-0.25, -0.2) is 4.79 Å². The molecule has 1 amide bonds. The summed E-state index contributed by atoms with van der Waals surface area (Å²) in [5, 5.41) is 2.85. The van der Waals surface area contributed by atoms with Crippen LogP contribution in [0.1, 0.15) is 41.8 Å². The lowest BCUT2D eigenvalue weighted by atomic mass is 10.1. The number of ether oxygens (including phenoxy) is 2. The first kappa shape index (κ1) is 19.5. The number of nitrogens with one attached hydrogen (secondary N) is 1. The van der Waals surface area contributed by atoms with Crippen LogP contribution in [0.5, 0.6) is 5.75 Å². The van der Waals surface area contributed by atoms with Crippen molar-refractivity contribution in [1.82, 2.24) is 0 Å². The van der Waals surface area contributed by atoms with Crippen LogP contribution >= 0.6 is 0 Å². The van der Waals surface area contributed by atoms with Crippen LogP contribution in [0.25, 0.3) is 0 Å². The molecule has 26 heavy (non-hydrogen) atoms. The van der Waals surface area contributed by atoms with Gasteiger partial charge in [-0.3, -0.25) is 4.79 Å². The number of hydrogen-bond donors (Lipinski definition) is 1. The molecule has 0 aliphatic rings. The van der Waals surface area contributed by atoms with Crippen molar-refractivity contribution in [1.29, 1.82) is 0 Å². The van der Waals surface area contributed by atoms with Crippen LogP contribution in [0.3, 0.4) is 0 Å². The quantitative estimate of drug-likeness (QED) is 0.758. The van der Waals surface area contributed by atoms with E-state index in [1.165, 1.54) is 12.7 Å². The van der Waals surface area contributed by atoms with Gasteiger partial charge in [-0.15, -0.1) is 0 Å². The number of aryl methyl sites for hydroxylation is 1. The van der Waals surface area contributed by atoms with E-state index in [-0.39, 0.29) is 5.91 Å². The van der Waals surface area contributed by atoms with Gasteiger partial charge in [0.15, 0.2) is 6.10 Å². The van der Waals surface area contributed by atoms with Crippen LogP contribution in [0.2, 0.25) is 0 Å². The number of carbonyl (C=O) groups is 2. The van der Waals surface area contributed by atoms with Gasteiger partial charge in [0.25, 0.3) is 5.91 Å². The number of benzene rings is 2. The Hall–Kier alpha value is -2.82. The van der Waals surface area contributed by atoms with Gasteiger partial charge in [-0.2, -0.15) is 0 Å². The molecule has 5 nitrogen and oxygen atoms in total. The fourth-order valence-electron chi connectivity index (χ4n) is 2.61. The molecular formula is C21H25NO4. The number of esters is 1. The molecule has 5 heteroatoms. The smallest absolute Gasteiger partial charge is 0.338 e. The fourth-order valence-corrected chi connectivity index (χ4v) is 2.61. The second-order valence-electron chi connectivity index (χ2n) is 5.97. The summed E-state index contributed by atoms with van der Waals surface area (Å²) in [5.41, 5.74) is 2.87. The minimum atomic E-state index is -0.622. The lowest BCUT2D eigenvalue weighted by molar-refractivity contribution is -0.122. The van der Waals surface area contributed by atoms with Crippen molar-refractivity contribution < 1.29 is 19.1 Å². The first-order chi connectivity index (χ1) is 12.5. The molecule has 0 aliphatic heterocycles. The normalized spacial score (nSPS) is 11.5. The average Bonchev–Trinajstić information content (AvgIpc) is 2.67. The Morgan fingerprint density at radius 2 is 1.77 bits per heavy atom. The maximum Gasteiger partial charge on any atom is 0.338 e. The Morgan fingerprint density at radius 1 is 1.08 bits per heavy atom. The summed E-state index contributed by atoms with van der Waals surface area (Å²) in [6, 6.07) is 12.9. The van der Waals surface area contributed by atoms with Crippen LogP contribution < -0.4 is 10.1 Å². The molecule has 0 aliphatic carbocycles. The molecule has 2 aromatic carbocycles. The Morgan fingerprint density at radius 3 is 2.35 bits per heavy atom. The summed E-state index contributed by atoms with van der Waals surface area (Å²) >= 11 is 0. The lowest BCUT2D eigenvalue weighted by Gasteiger charge is -2.19. The maximum absolute atomic E-state index is 12.6. The van der Waals surface area contributed by atoms with E-state index in [4.69, 9.17) is 9.47 Å². The van der Waals surface area contributed by atoms with Gasteiger partial charge in [0.2, 0.25) is 0 Å². The van der Waals surface area contributed by atoms with E-state index in [2.05, 4.69) is 12.2 Å². The minimum Gasteiger partial charge on any atom is -0.481 e. The molecule has 138 valence electrons. The molecular weight excluding hydrogens is 330 g/mol. The molecule has 2 rings (SSSR count). The van der Waals surface area contributed by atoms with Crippen LogP contribution in [0.4, 0.5) is 5.69 Å². The number of amides is 1.